The standard InChI is InChI=1S/C13H17ClN2OS/c1-9-4-5-11-12(6-9)16(13(7-14)15-11)8-10(2)18(3)17/h4-6,10H,7-8H2,1-3H3. The lowest BCUT2D eigenvalue weighted by atomic mass is 10.2. The van der Waals surface area contributed by atoms with Gasteiger partial charge in [-0.15, -0.1) is 11.6 Å². The van der Waals surface area contributed by atoms with Crippen LogP contribution in [0.2, 0.25) is 0 Å². The molecule has 1 heterocycles. The Kier molecular flexibility index (Phi) is 4.07. The second-order valence-electron chi connectivity index (χ2n) is 4.57. The maximum absolute atomic E-state index is 11.5. The molecule has 5 heteroatoms. The van der Waals surface area contributed by atoms with Gasteiger partial charge in [-0.3, -0.25) is 4.21 Å². The van der Waals surface area contributed by atoms with Crippen molar-refractivity contribution in [2.45, 2.75) is 31.5 Å². The Balaban J connectivity index is 2.52. The maximum atomic E-state index is 11.5. The van der Waals surface area contributed by atoms with E-state index in [2.05, 4.69) is 22.5 Å². The van der Waals surface area contributed by atoms with Crippen LogP contribution in [0.5, 0.6) is 0 Å². The minimum Gasteiger partial charge on any atom is -0.326 e. The Labute approximate surface area is 115 Å². The maximum Gasteiger partial charge on any atom is 0.124 e. The molecular formula is C13H17ClN2OS. The third-order valence-corrected chi connectivity index (χ3v) is 4.63. The molecule has 2 aromatic rings. The summed E-state index contributed by atoms with van der Waals surface area (Å²) >= 11 is 5.95. The number of fused-ring (bicyclic) bond motifs is 1. The first-order valence-corrected chi connectivity index (χ1v) is 8.02. The molecule has 98 valence electrons. The summed E-state index contributed by atoms with van der Waals surface area (Å²) in [4.78, 5) is 4.52. The van der Waals surface area contributed by atoms with Crippen LogP contribution in [0.15, 0.2) is 18.2 Å². The fraction of sp³-hybridized carbons (Fsp3) is 0.462. The number of aryl methyl sites for hydroxylation is 1. The van der Waals surface area contributed by atoms with E-state index in [-0.39, 0.29) is 5.25 Å². The number of alkyl halides is 1. The molecule has 0 saturated heterocycles. The fourth-order valence-electron chi connectivity index (χ4n) is 1.95. The van der Waals surface area contributed by atoms with E-state index in [1.165, 1.54) is 5.56 Å². The third kappa shape index (κ3) is 2.59. The van der Waals surface area contributed by atoms with Gasteiger partial charge in [0.05, 0.1) is 16.9 Å². The van der Waals surface area contributed by atoms with Crippen molar-refractivity contribution in [3.05, 3.63) is 29.6 Å². The Morgan fingerprint density at radius 1 is 1.50 bits per heavy atom. The van der Waals surface area contributed by atoms with Crippen LogP contribution in [0.3, 0.4) is 0 Å². The van der Waals surface area contributed by atoms with Gasteiger partial charge in [-0.2, -0.15) is 0 Å². The van der Waals surface area contributed by atoms with E-state index in [0.717, 1.165) is 16.9 Å². The number of aromatic nitrogens is 2. The molecule has 2 rings (SSSR count). The average Bonchev–Trinajstić information content (AvgIpc) is 2.67. The lowest BCUT2D eigenvalue weighted by Crippen LogP contribution is -2.18. The molecule has 0 radical (unpaired) electrons. The Morgan fingerprint density at radius 2 is 2.22 bits per heavy atom. The van der Waals surface area contributed by atoms with Crippen molar-refractivity contribution in [1.82, 2.24) is 9.55 Å². The molecular weight excluding hydrogens is 268 g/mol. The summed E-state index contributed by atoms with van der Waals surface area (Å²) in [7, 11) is -0.845. The Bertz CT molecular complexity index is 594. The summed E-state index contributed by atoms with van der Waals surface area (Å²) in [6.45, 7) is 4.72. The summed E-state index contributed by atoms with van der Waals surface area (Å²) in [6.07, 6.45) is 1.73. The van der Waals surface area contributed by atoms with E-state index in [0.29, 0.717) is 12.4 Å². The Hall–Kier alpha value is -0.870. The monoisotopic (exact) mass is 284 g/mol. The van der Waals surface area contributed by atoms with Crippen LogP contribution in [0, 0.1) is 6.92 Å². The second-order valence-corrected chi connectivity index (χ2v) is 6.64. The molecule has 0 N–H and O–H groups in total. The molecule has 0 fully saturated rings. The van der Waals surface area contributed by atoms with Crippen molar-refractivity contribution < 1.29 is 4.21 Å². The number of hydrogen-bond donors (Lipinski definition) is 0. The van der Waals surface area contributed by atoms with Crippen molar-refractivity contribution >= 4 is 33.4 Å². The summed E-state index contributed by atoms with van der Waals surface area (Å²) in [5.41, 5.74) is 3.21. The number of imidazole rings is 1. The molecule has 2 atom stereocenters. The Morgan fingerprint density at radius 3 is 2.83 bits per heavy atom. The smallest absolute Gasteiger partial charge is 0.124 e. The van der Waals surface area contributed by atoms with E-state index < -0.39 is 10.8 Å². The third-order valence-electron chi connectivity index (χ3n) is 3.11. The van der Waals surface area contributed by atoms with Gasteiger partial charge in [0.1, 0.15) is 5.82 Å². The number of nitrogens with zero attached hydrogens (tertiary/aromatic N) is 2. The highest BCUT2D eigenvalue weighted by Crippen LogP contribution is 2.20. The highest BCUT2D eigenvalue weighted by molar-refractivity contribution is 7.84. The molecule has 0 aliphatic heterocycles. The quantitative estimate of drug-likeness (QED) is 0.809. The summed E-state index contributed by atoms with van der Waals surface area (Å²) in [6, 6.07) is 6.15. The summed E-state index contributed by atoms with van der Waals surface area (Å²) in [5, 5.41) is 0.0879. The van der Waals surface area contributed by atoms with Gasteiger partial charge >= 0.3 is 0 Å². The first-order chi connectivity index (χ1) is 8.52. The molecule has 0 spiro atoms. The van der Waals surface area contributed by atoms with E-state index >= 15 is 0 Å². The van der Waals surface area contributed by atoms with Gasteiger partial charge in [0.25, 0.3) is 0 Å². The van der Waals surface area contributed by atoms with Crippen LogP contribution < -0.4 is 0 Å². The molecule has 0 saturated carbocycles. The average molecular weight is 285 g/mol. The molecule has 0 aliphatic carbocycles. The van der Waals surface area contributed by atoms with Crippen molar-refractivity contribution in [2.24, 2.45) is 0 Å². The molecule has 3 nitrogen and oxygen atoms in total. The van der Waals surface area contributed by atoms with Crippen LogP contribution in [0.4, 0.5) is 0 Å². The van der Waals surface area contributed by atoms with Crippen molar-refractivity contribution in [2.75, 3.05) is 6.26 Å². The predicted molar refractivity (Wildman–Crippen MR) is 77.6 cm³/mol. The van der Waals surface area contributed by atoms with Gasteiger partial charge in [-0.05, 0) is 31.5 Å². The van der Waals surface area contributed by atoms with Gasteiger partial charge in [0.2, 0.25) is 0 Å². The fourth-order valence-corrected chi connectivity index (χ4v) is 2.51. The highest BCUT2D eigenvalue weighted by atomic mass is 35.5. The van der Waals surface area contributed by atoms with Gasteiger partial charge in [0, 0.05) is 28.9 Å². The SMILES string of the molecule is Cc1ccc2nc(CCl)n(CC(C)S(C)=O)c2c1. The predicted octanol–water partition coefficient (Wildman–Crippen LogP) is 2.85. The summed E-state index contributed by atoms with van der Waals surface area (Å²) in [5.74, 6) is 1.21. The van der Waals surface area contributed by atoms with Gasteiger partial charge < -0.3 is 4.57 Å². The second kappa shape index (κ2) is 5.41. The zero-order chi connectivity index (χ0) is 13.3. The number of benzene rings is 1. The van der Waals surface area contributed by atoms with Crippen LogP contribution in [0.1, 0.15) is 18.3 Å². The van der Waals surface area contributed by atoms with Crippen molar-refractivity contribution in [3.8, 4) is 0 Å². The molecule has 1 aromatic heterocycles. The first-order valence-electron chi connectivity index (χ1n) is 5.87. The first kappa shape index (κ1) is 13.6. The van der Waals surface area contributed by atoms with E-state index in [9.17, 15) is 4.21 Å². The van der Waals surface area contributed by atoms with Crippen LogP contribution in [-0.2, 0) is 23.2 Å². The van der Waals surface area contributed by atoms with Gasteiger partial charge in [0.15, 0.2) is 0 Å². The minimum atomic E-state index is -0.845. The lowest BCUT2D eigenvalue weighted by molar-refractivity contribution is 0.641. The topological polar surface area (TPSA) is 34.9 Å². The lowest BCUT2D eigenvalue weighted by Gasteiger charge is -2.12. The number of hydrogen-bond acceptors (Lipinski definition) is 2. The van der Waals surface area contributed by atoms with Crippen LogP contribution >= 0.6 is 11.6 Å². The molecule has 2 unspecified atom stereocenters. The van der Waals surface area contributed by atoms with Gasteiger partial charge in [-0.1, -0.05) is 6.07 Å². The molecule has 1 aromatic carbocycles. The van der Waals surface area contributed by atoms with Crippen molar-refractivity contribution in [3.63, 3.8) is 0 Å². The van der Waals surface area contributed by atoms with Gasteiger partial charge in [-0.25, -0.2) is 4.98 Å². The zero-order valence-corrected chi connectivity index (χ0v) is 12.4. The van der Waals surface area contributed by atoms with E-state index in [1.54, 1.807) is 6.26 Å². The molecule has 0 aliphatic rings. The summed E-state index contributed by atoms with van der Waals surface area (Å²) < 4.78 is 13.6. The molecule has 0 bridgehead atoms. The minimum absolute atomic E-state index is 0.0879. The van der Waals surface area contributed by atoms with Crippen LogP contribution in [-0.4, -0.2) is 25.3 Å². The number of rotatable bonds is 4. The van der Waals surface area contributed by atoms with E-state index in [1.807, 2.05) is 19.1 Å². The highest BCUT2D eigenvalue weighted by Gasteiger charge is 2.14. The zero-order valence-electron chi connectivity index (χ0n) is 10.8. The molecule has 18 heavy (non-hydrogen) atoms. The number of halogens is 1. The normalized spacial score (nSPS) is 14.9. The van der Waals surface area contributed by atoms with Crippen LogP contribution in [0.25, 0.3) is 11.0 Å². The van der Waals surface area contributed by atoms with Crippen molar-refractivity contribution in [1.29, 1.82) is 0 Å². The largest absolute Gasteiger partial charge is 0.326 e. The van der Waals surface area contributed by atoms with E-state index in [4.69, 9.17) is 11.6 Å². The molecule has 0 amide bonds.